The zero-order valence-electron chi connectivity index (χ0n) is 17.5. The van der Waals surface area contributed by atoms with Crippen LogP contribution in [0.4, 0.5) is 10.3 Å². The third-order valence-electron chi connectivity index (χ3n) is 4.73. The molecular formula is C23H21FN4O3S. The van der Waals surface area contributed by atoms with Crippen molar-refractivity contribution in [3.05, 3.63) is 72.0 Å². The van der Waals surface area contributed by atoms with E-state index in [0.717, 1.165) is 11.1 Å². The van der Waals surface area contributed by atoms with Crippen molar-refractivity contribution >= 4 is 26.8 Å². The lowest BCUT2D eigenvalue weighted by molar-refractivity contribution is 0.330. The number of nitrogens with one attached hydrogen (secondary N) is 1. The molecule has 9 heteroatoms. The summed E-state index contributed by atoms with van der Waals surface area (Å²) in [5, 5.41) is 3.14. The Labute approximate surface area is 185 Å². The highest BCUT2D eigenvalue weighted by Gasteiger charge is 2.13. The van der Waals surface area contributed by atoms with Crippen molar-refractivity contribution < 1.29 is 17.5 Å². The second-order valence-electron chi connectivity index (χ2n) is 7.13. The van der Waals surface area contributed by atoms with Gasteiger partial charge < -0.3 is 10.1 Å². The van der Waals surface area contributed by atoms with Gasteiger partial charge in [-0.05, 0) is 61.0 Å². The summed E-state index contributed by atoms with van der Waals surface area (Å²) in [7, 11) is -3.24. The summed E-state index contributed by atoms with van der Waals surface area (Å²) in [6, 6.07) is 16.3. The lowest BCUT2D eigenvalue weighted by Gasteiger charge is -2.11. The SMILES string of the molecule is CCOc1nc(NCc2ccc(S(C)(=O)=O)cc2)nc2ccc(-c3ccc(F)cc3)nc12. The van der Waals surface area contributed by atoms with Crippen molar-refractivity contribution in [3.63, 3.8) is 0 Å². The van der Waals surface area contributed by atoms with Gasteiger partial charge in [-0.15, -0.1) is 0 Å². The molecule has 2 aromatic heterocycles. The van der Waals surface area contributed by atoms with Gasteiger partial charge in [0, 0.05) is 18.4 Å². The van der Waals surface area contributed by atoms with Crippen molar-refractivity contribution in [2.45, 2.75) is 18.4 Å². The summed E-state index contributed by atoms with van der Waals surface area (Å²) in [5.74, 6) is 0.399. The Kier molecular flexibility index (Phi) is 6.00. The van der Waals surface area contributed by atoms with Gasteiger partial charge in [0.15, 0.2) is 15.4 Å². The van der Waals surface area contributed by atoms with Gasteiger partial charge in [-0.1, -0.05) is 12.1 Å². The van der Waals surface area contributed by atoms with E-state index in [-0.39, 0.29) is 10.7 Å². The van der Waals surface area contributed by atoms with E-state index in [4.69, 9.17) is 4.74 Å². The maximum absolute atomic E-state index is 13.2. The van der Waals surface area contributed by atoms with E-state index >= 15 is 0 Å². The molecule has 0 amide bonds. The number of benzene rings is 2. The Morgan fingerprint density at radius 1 is 0.938 bits per heavy atom. The van der Waals surface area contributed by atoms with Gasteiger partial charge in [0.2, 0.25) is 11.8 Å². The molecule has 7 nitrogen and oxygen atoms in total. The highest BCUT2D eigenvalue weighted by atomic mass is 32.2. The summed E-state index contributed by atoms with van der Waals surface area (Å²) in [5.41, 5.74) is 3.43. The van der Waals surface area contributed by atoms with E-state index in [9.17, 15) is 12.8 Å². The van der Waals surface area contributed by atoms with Crippen LogP contribution in [0.15, 0.2) is 65.6 Å². The number of anilines is 1. The van der Waals surface area contributed by atoms with Crippen molar-refractivity contribution in [3.8, 4) is 17.1 Å². The number of nitrogens with zero attached hydrogens (tertiary/aromatic N) is 3. The Morgan fingerprint density at radius 2 is 1.66 bits per heavy atom. The molecular weight excluding hydrogens is 431 g/mol. The summed E-state index contributed by atoms with van der Waals surface area (Å²) >= 11 is 0. The molecule has 2 aromatic carbocycles. The van der Waals surface area contributed by atoms with Crippen LogP contribution in [0, 0.1) is 5.82 Å². The number of hydrogen-bond donors (Lipinski definition) is 1. The molecule has 0 saturated heterocycles. The largest absolute Gasteiger partial charge is 0.476 e. The average molecular weight is 453 g/mol. The van der Waals surface area contributed by atoms with Gasteiger partial charge in [0.05, 0.1) is 22.7 Å². The molecule has 0 atom stereocenters. The number of fused-ring (bicyclic) bond motifs is 1. The topological polar surface area (TPSA) is 94.1 Å². The minimum Gasteiger partial charge on any atom is -0.476 e. The maximum Gasteiger partial charge on any atom is 0.245 e. The molecule has 0 radical (unpaired) electrons. The molecule has 0 unspecified atom stereocenters. The zero-order valence-corrected chi connectivity index (χ0v) is 18.4. The summed E-state index contributed by atoms with van der Waals surface area (Å²) in [4.78, 5) is 13.9. The van der Waals surface area contributed by atoms with E-state index in [1.807, 2.05) is 19.1 Å². The molecule has 0 saturated carbocycles. The van der Waals surface area contributed by atoms with E-state index < -0.39 is 9.84 Å². The molecule has 0 bridgehead atoms. The average Bonchev–Trinajstić information content (AvgIpc) is 2.78. The Bertz CT molecular complexity index is 1360. The Hall–Kier alpha value is -3.59. The van der Waals surface area contributed by atoms with Crippen molar-refractivity contribution in [1.29, 1.82) is 0 Å². The van der Waals surface area contributed by atoms with Gasteiger partial charge in [0.25, 0.3) is 0 Å². The fourth-order valence-corrected chi connectivity index (χ4v) is 3.75. The second-order valence-corrected chi connectivity index (χ2v) is 9.14. The highest BCUT2D eigenvalue weighted by Crippen LogP contribution is 2.27. The first-order chi connectivity index (χ1) is 15.3. The quantitative estimate of drug-likeness (QED) is 0.448. The first kappa shape index (κ1) is 21.6. The molecule has 32 heavy (non-hydrogen) atoms. The Balaban J connectivity index is 1.61. The molecule has 0 aliphatic carbocycles. The molecule has 0 fully saturated rings. The minimum absolute atomic E-state index is 0.268. The lowest BCUT2D eigenvalue weighted by atomic mass is 10.1. The van der Waals surface area contributed by atoms with Crippen LogP contribution in [0.2, 0.25) is 0 Å². The number of aromatic nitrogens is 3. The van der Waals surface area contributed by atoms with Crippen LogP contribution in [-0.4, -0.2) is 36.2 Å². The molecule has 1 N–H and O–H groups in total. The van der Waals surface area contributed by atoms with E-state index in [0.29, 0.717) is 41.7 Å². The van der Waals surface area contributed by atoms with Crippen LogP contribution >= 0.6 is 0 Å². The van der Waals surface area contributed by atoms with E-state index in [1.54, 1.807) is 36.4 Å². The zero-order chi connectivity index (χ0) is 22.7. The molecule has 164 valence electrons. The van der Waals surface area contributed by atoms with E-state index in [2.05, 4.69) is 20.3 Å². The fraction of sp³-hybridized carbons (Fsp3) is 0.174. The van der Waals surface area contributed by atoms with Crippen LogP contribution in [0.1, 0.15) is 12.5 Å². The minimum atomic E-state index is -3.24. The number of hydrogen-bond acceptors (Lipinski definition) is 7. The number of ether oxygens (including phenoxy) is 1. The number of halogens is 1. The normalized spacial score (nSPS) is 11.5. The lowest BCUT2D eigenvalue weighted by Crippen LogP contribution is -2.07. The first-order valence-corrected chi connectivity index (χ1v) is 11.8. The summed E-state index contributed by atoms with van der Waals surface area (Å²) < 4.78 is 42.1. The Morgan fingerprint density at radius 3 is 2.31 bits per heavy atom. The van der Waals surface area contributed by atoms with Gasteiger partial charge in [-0.3, -0.25) is 0 Å². The van der Waals surface area contributed by atoms with Gasteiger partial charge in [0.1, 0.15) is 5.82 Å². The fourth-order valence-electron chi connectivity index (χ4n) is 3.12. The standard InChI is InChI=1S/C23H21FN4O3S/c1-3-31-22-21-20(13-12-19(26-21)16-6-8-17(24)9-7-16)27-23(28-22)25-14-15-4-10-18(11-5-15)32(2,29)30/h4-13H,3,14H2,1-2H3,(H,25,27,28). The highest BCUT2D eigenvalue weighted by molar-refractivity contribution is 7.90. The van der Waals surface area contributed by atoms with Crippen LogP contribution in [0.25, 0.3) is 22.3 Å². The van der Waals surface area contributed by atoms with Gasteiger partial charge in [-0.25, -0.2) is 22.8 Å². The van der Waals surface area contributed by atoms with Crippen LogP contribution in [-0.2, 0) is 16.4 Å². The molecule has 0 aliphatic rings. The molecule has 4 rings (SSSR count). The van der Waals surface area contributed by atoms with Crippen LogP contribution in [0.3, 0.4) is 0 Å². The predicted octanol–water partition coefficient (Wildman–Crippen LogP) is 4.25. The smallest absolute Gasteiger partial charge is 0.245 e. The summed E-state index contributed by atoms with van der Waals surface area (Å²) in [6.07, 6.45) is 1.17. The monoisotopic (exact) mass is 452 g/mol. The molecule has 4 aromatic rings. The second kappa shape index (κ2) is 8.88. The number of pyridine rings is 1. The maximum atomic E-state index is 13.2. The summed E-state index contributed by atoms with van der Waals surface area (Å²) in [6.45, 7) is 2.66. The third kappa shape index (κ3) is 4.83. The predicted molar refractivity (Wildman–Crippen MR) is 121 cm³/mol. The molecule has 0 spiro atoms. The number of sulfone groups is 1. The molecule has 0 aliphatic heterocycles. The van der Waals surface area contributed by atoms with Crippen molar-refractivity contribution in [2.75, 3.05) is 18.2 Å². The van der Waals surface area contributed by atoms with E-state index in [1.165, 1.54) is 18.4 Å². The van der Waals surface area contributed by atoms with Crippen molar-refractivity contribution in [1.82, 2.24) is 15.0 Å². The third-order valence-corrected chi connectivity index (χ3v) is 5.86. The van der Waals surface area contributed by atoms with Crippen molar-refractivity contribution in [2.24, 2.45) is 0 Å². The first-order valence-electron chi connectivity index (χ1n) is 9.94. The van der Waals surface area contributed by atoms with Crippen LogP contribution < -0.4 is 10.1 Å². The van der Waals surface area contributed by atoms with Crippen LogP contribution in [0.5, 0.6) is 5.88 Å². The molecule has 2 heterocycles. The van der Waals surface area contributed by atoms with Gasteiger partial charge in [-0.2, -0.15) is 4.98 Å². The number of rotatable bonds is 7. The van der Waals surface area contributed by atoms with Gasteiger partial charge >= 0.3 is 0 Å².